The van der Waals surface area contributed by atoms with E-state index in [4.69, 9.17) is 11.5 Å². The van der Waals surface area contributed by atoms with Crippen LogP contribution in [0.2, 0.25) is 0 Å². The molecule has 0 amide bonds. The van der Waals surface area contributed by atoms with Crippen LogP contribution < -0.4 is 28.4 Å². The summed E-state index contributed by atoms with van der Waals surface area (Å²) >= 11 is 1.46. The molecule has 0 fully saturated rings. The van der Waals surface area contributed by atoms with E-state index in [0.717, 1.165) is 5.75 Å². The lowest BCUT2D eigenvalue weighted by Crippen LogP contribution is -3.00. The fourth-order valence-electron chi connectivity index (χ4n) is 0.167. The van der Waals surface area contributed by atoms with Gasteiger partial charge in [-0.3, -0.25) is 0 Å². The van der Waals surface area contributed by atoms with Gasteiger partial charge in [0.25, 0.3) is 0 Å². The molecular formula is C3H9BrN2S. The average molecular weight is 185 g/mol. The lowest BCUT2D eigenvalue weighted by Gasteiger charge is -1.63. The van der Waals surface area contributed by atoms with Crippen molar-refractivity contribution in [1.29, 1.82) is 0 Å². The molecule has 0 aromatic carbocycles. The second-order valence-corrected chi connectivity index (χ2v) is 2.17. The summed E-state index contributed by atoms with van der Waals surface area (Å²) in [6, 6.07) is 0. The molecule has 0 saturated carbocycles. The van der Waals surface area contributed by atoms with Gasteiger partial charge < -0.3 is 17.0 Å². The number of hydrogen-bond donors (Lipinski definition) is 2. The van der Waals surface area contributed by atoms with Crippen LogP contribution >= 0.6 is 0 Å². The predicted octanol–water partition coefficient (Wildman–Crippen LogP) is -3.90. The number of rotatable bonds is 1. The summed E-state index contributed by atoms with van der Waals surface area (Å²) < 4.78 is 0. The summed E-state index contributed by atoms with van der Waals surface area (Å²) in [5.74, 6) is 0.961. The van der Waals surface area contributed by atoms with Gasteiger partial charge >= 0.3 is 5.11 Å². The Morgan fingerprint density at radius 3 is 2.00 bits per heavy atom. The van der Waals surface area contributed by atoms with Gasteiger partial charge in [0.15, 0.2) is 5.75 Å². The third-order valence-corrected chi connectivity index (χ3v) is 0.933. The fourth-order valence-corrected chi connectivity index (χ4v) is 0.500. The first-order valence-corrected chi connectivity index (χ1v) is 2.76. The first-order valence-electron chi connectivity index (χ1n) is 1.78. The Hall–Kier alpha value is 0.490. The first-order chi connectivity index (χ1) is 2.77. The van der Waals surface area contributed by atoms with Crippen LogP contribution in [0.1, 0.15) is 6.92 Å². The molecule has 7 heavy (non-hydrogen) atoms. The molecule has 0 rings (SSSR count). The zero-order chi connectivity index (χ0) is 4.99. The molecule has 0 spiro atoms. The Kier molecular flexibility index (Phi) is 9.70. The van der Waals surface area contributed by atoms with E-state index >= 15 is 0 Å². The van der Waals surface area contributed by atoms with Crippen molar-refractivity contribution in [2.45, 2.75) is 6.92 Å². The van der Waals surface area contributed by atoms with Crippen LogP contribution in [-0.4, -0.2) is 10.9 Å². The van der Waals surface area contributed by atoms with Crippen LogP contribution in [0.25, 0.3) is 0 Å². The third-order valence-electron chi connectivity index (χ3n) is 0.311. The highest BCUT2D eigenvalue weighted by molar-refractivity contribution is 7.78. The summed E-state index contributed by atoms with van der Waals surface area (Å²) in [5.41, 5.74) is 10.1. The van der Waals surface area contributed by atoms with Crippen LogP contribution in [-0.2, 0) is 11.4 Å². The standard InChI is InChI=1S/C3H9N2S.BrH/c1-2-6-3(4)5;/h2,4-5H2,1H3;1H/q+1;/p-1. The van der Waals surface area contributed by atoms with Crippen molar-refractivity contribution in [3.05, 3.63) is 0 Å². The summed E-state index contributed by atoms with van der Waals surface area (Å²) in [7, 11) is 0. The van der Waals surface area contributed by atoms with Gasteiger partial charge in [-0.25, -0.2) is 11.5 Å². The van der Waals surface area contributed by atoms with Crippen molar-refractivity contribution in [2.24, 2.45) is 11.5 Å². The Morgan fingerprint density at radius 2 is 2.00 bits per heavy atom. The van der Waals surface area contributed by atoms with Crippen molar-refractivity contribution in [1.82, 2.24) is 0 Å². The Balaban J connectivity index is 0. The Bertz CT molecular complexity index is 60.0. The molecule has 4 heteroatoms. The zero-order valence-corrected chi connectivity index (χ0v) is 6.55. The lowest BCUT2D eigenvalue weighted by atomic mass is 11.0. The molecule has 0 aromatic rings. The van der Waals surface area contributed by atoms with Gasteiger partial charge in [0.2, 0.25) is 11.4 Å². The molecular weight excluding hydrogens is 176 g/mol. The lowest BCUT2D eigenvalue weighted by molar-refractivity contribution is -0.00000152. The van der Waals surface area contributed by atoms with Gasteiger partial charge in [-0.15, -0.1) is 0 Å². The maximum Gasteiger partial charge on any atom is 0.314 e. The van der Waals surface area contributed by atoms with Crippen LogP contribution in [0.3, 0.4) is 0 Å². The largest absolute Gasteiger partial charge is 1.00 e. The highest BCUT2D eigenvalue weighted by Crippen LogP contribution is 1.51. The van der Waals surface area contributed by atoms with E-state index in [1.54, 1.807) is 0 Å². The molecule has 4 N–H and O–H groups in total. The topological polar surface area (TPSA) is 52.0 Å². The number of hydrogen-bond acceptors (Lipinski definition) is 0. The minimum Gasteiger partial charge on any atom is -1.00 e. The van der Waals surface area contributed by atoms with Gasteiger partial charge in [-0.2, -0.15) is 0 Å². The van der Waals surface area contributed by atoms with E-state index in [1.165, 1.54) is 11.4 Å². The van der Waals surface area contributed by atoms with Crippen LogP contribution in [0.4, 0.5) is 0 Å². The molecule has 0 aliphatic carbocycles. The van der Waals surface area contributed by atoms with Crippen LogP contribution in [0.15, 0.2) is 0 Å². The molecule has 0 aromatic heterocycles. The van der Waals surface area contributed by atoms with Gasteiger partial charge in [-0.1, -0.05) is 0 Å². The predicted molar refractivity (Wildman–Crippen MR) is 31.3 cm³/mol. The van der Waals surface area contributed by atoms with Gasteiger partial charge in [0.1, 0.15) is 0 Å². The molecule has 44 valence electrons. The molecule has 0 aliphatic heterocycles. The normalized spacial score (nSPS) is 6.71. The molecule has 0 radical (unpaired) electrons. The Labute approximate surface area is 58.0 Å². The maximum atomic E-state index is 5.06. The second kappa shape index (κ2) is 6.49. The quantitative estimate of drug-likeness (QED) is 0.324. The molecule has 0 heterocycles. The van der Waals surface area contributed by atoms with E-state index in [9.17, 15) is 0 Å². The molecule has 2 nitrogen and oxygen atoms in total. The summed E-state index contributed by atoms with van der Waals surface area (Å²) in [6.45, 7) is 2.00. The molecule has 0 saturated heterocycles. The van der Waals surface area contributed by atoms with Gasteiger partial charge in [0.05, 0.1) is 0 Å². The first kappa shape index (κ1) is 10.5. The second-order valence-electron chi connectivity index (χ2n) is 0.835. The van der Waals surface area contributed by atoms with Crippen molar-refractivity contribution in [3.63, 3.8) is 0 Å². The van der Waals surface area contributed by atoms with Gasteiger partial charge in [-0.05, 0) is 6.92 Å². The molecule has 0 unspecified atom stereocenters. The molecule has 0 atom stereocenters. The highest BCUT2D eigenvalue weighted by atomic mass is 79.9. The van der Waals surface area contributed by atoms with Crippen molar-refractivity contribution in [2.75, 3.05) is 5.75 Å². The SMILES string of the molecule is CC[S+]=C(N)N.[Br-]. The minimum absolute atomic E-state index is 0. The fraction of sp³-hybridized carbons (Fsp3) is 0.667. The summed E-state index contributed by atoms with van der Waals surface area (Å²) in [4.78, 5) is 0. The zero-order valence-electron chi connectivity index (χ0n) is 4.15. The highest BCUT2D eigenvalue weighted by Gasteiger charge is 1.88. The Morgan fingerprint density at radius 1 is 1.57 bits per heavy atom. The summed E-state index contributed by atoms with van der Waals surface area (Å²) in [5, 5.41) is 0.456. The van der Waals surface area contributed by atoms with Crippen molar-refractivity contribution >= 4 is 16.5 Å². The molecule has 0 aliphatic rings. The smallest absolute Gasteiger partial charge is 0.314 e. The van der Waals surface area contributed by atoms with Crippen LogP contribution in [0.5, 0.6) is 0 Å². The number of halogens is 1. The molecule has 0 bridgehead atoms. The van der Waals surface area contributed by atoms with E-state index in [2.05, 4.69) is 0 Å². The van der Waals surface area contributed by atoms with Gasteiger partial charge in [0, 0.05) is 0 Å². The van der Waals surface area contributed by atoms with E-state index < -0.39 is 0 Å². The number of nitrogens with two attached hydrogens (primary N) is 2. The van der Waals surface area contributed by atoms with E-state index in [-0.39, 0.29) is 17.0 Å². The summed E-state index contributed by atoms with van der Waals surface area (Å²) in [6.07, 6.45) is 0. The van der Waals surface area contributed by atoms with E-state index in [1.807, 2.05) is 6.92 Å². The van der Waals surface area contributed by atoms with Crippen molar-refractivity contribution in [3.8, 4) is 0 Å². The van der Waals surface area contributed by atoms with Crippen molar-refractivity contribution < 1.29 is 17.0 Å². The third kappa shape index (κ3) is 10.7. The average Bonchev–Trinajstić information content (AvgIpc) is 1.35. The maximum absolute atomic E-state index is 5.06. The monoisotopic (exact) mass is 184 g/mol. The minimum atomic E-state index is 0. The van der Waals surface area contributed by atoms with Crippen LogP contribution in [0, 0.1) is 0 Å². The van der Waals surface area contributed by atoms with E-state index in [0.29, 0.717) is 5.11 Å².